The van der Waals surface area contributed by atoms with Gasteiger partial charge in [0.2, 0.25) is 0 Å². The molecule has 2 aromatic rings. The summed E-state index contributed by atoms with van der Waals surface area (Å²) in [6.45, 7) is 2.80. The number of ether oxygens (including phenoxy) is 1. The Morgan fingerprint density at radius 3 is 2.57 bits per heavy atom. The van der Waals surface area contributed by atoms with Crippen LogP contribution in [0, 0.1) is 5.92 Å². The topological polar surface area (TPSA) is 57.1 Å². The van der Waals surface area contributed by atoms with E-state index in [-0.39, 0.29) is 5.75 Å². The molecule has 1 saturated heterocycles. The number of aliphatic imine (C=N–C) groups is 1. The minimum atomic E-state index is 0.276. The van der Waals surface area contributed by atoms with Crippen molar-refractivity contribution in [2.24, 2.45) is 10.9 Å². The highest BCUT2D eigenvalue weighted by molar-refractivity contribution is 5.80. The lowest BCUT2D eigenvalue weighted by Crippen LogP contribution is -2.46. The van der Waals surface area contributed by atoms with Crippen molar-refractivity contribution in [1.29, 1.82) is 0 Å². The Balaban J connectivity index is 1.44. The molecule has 1 aliphatic rings. The summed E-state index contributed by atoms with van der Waals surface area (Å²) in [6.07, 6.45) is 4.28. The second-order valence-corrected chi connectivity index (χ2v) is 7.34. The Kier molecular flexibility index (Phi) is 7.18. The Morgan fingerprint density at radius 2 is 1.93 bits per heavy atom. The van der Waals surface area contributed by atoms with Gasteiger partial charge in [0.25, 0.3) is 0 Å². The van der Waals surface area contributed by atoms with Gasteiger partial charge in [0, 0.05) is 32.7 Å². The third-order valence-corrected chi connectivity index (χ3v) is 5.46. The first-order chi connectivity index (χ1) is 13.7. The van der Waals surface area contributed by atoms with E-state index >= 15 is 0 Å². The Bertz CT molecular complexity index is 769. The average Bonchev–Trinajstić information content (AvgIpc) is 2.73. The van der Waals surface area contributed by atoms with Crippen LogP contribution in [0.25, 0.3) is 0 Å². The lowest BCUT2D eigenvalue weighted by molar-refractivity contribution is 0.259. The lowest BCUT2D eigenvalue weighted by atomic mass is 9.90. The summed E-state index contributed by atoms with van der Waals surface area (Å²) in [6, 6.07) is 16.2. The fourth-order valence-corrected chi connectivity index (χ4v) is 3.82. The zero-order valence-electron chi connectivity index (χ0n) is 16.9. The molecule has 28 heavy (non-hydrogen) atoms. The number of nitrogens with zero attached hydrogens (tertiary/aromatic N) is 2. The van der Waals surface area contributed by atoms with Crippen LogP contribution in [0.1, 0.15) is 24.0 Å². The van der Waals surface area contributed by atoms with Crippen molar-refractivity contribution in [3.8, 4) is 11.5 Å². The number of aromatic hydroxyl groups is 1. The van der Waals surface area contributed by atoms with E-state index in [9.17, 15) is 5.11 Å². The highest BCUT2D eigenvalue weighted by Gasteiger charge is 2.21. The molecule has 2 aromatic carbocycles. The number of likely N-dealkylation sites (tertiary alicyclic amines) is 1. The molecule has 0 aliphatic carbocycles. The number of guanidine groups is 1. The summed E-state index contributed by atoms with van der Waals surface area (Å²) in [5.74, 6) is 2.64. The third-order valence-electron chi connectivity index (χ3n) is 5.46. The van der Waals surface area contributed by atoms with Gasteiger partial charge in [-0.3, -0.25) is 4.99 Å². The number of methoxy groups -OCH3 is 1. The molecule has 0 bridgehead atoms. The minimum absolute atomic E-state index is 0.276. The fraction of sp³-hybridized carbons (Fsp3) is 0.435. The van der Waals surface area contributed by atoms with Crippen LogP contribution in [0.15, 0.2) is 53.5 Å². The Morgan fingerprint density at radius 1 is 1.18 bits per heavy atom. The van der Waals surface area contributed by atoms with Gasteiger partial charge in [-0.1, -0.05) is 36.4 Å². The van der Waals surface area contributed by atoms with Gasteiger partial charge in [-0.15, -0.1) is 0 Å². The van der Waals surface area contributed by atoms with E-state index in [2.05, 4.69) is 45.5 Å². The lowest BCUT2D eigenvalue weighted by Gasteiger charge is -2.34. The fourth-order valence-electron chi connectivity index (χ4n) is 3.82. The van der Waals surface area contributed by atoms with E-state index in [1.54, 1.807) is 13.2 Å². The van der Waals surface area contributed by atoms with Crippen molar-refractivity contribution in [2.75, 3.05) is 33.8 Å². The standard InChI is InChI=1S/C23H31N3O2/c1-24-23(25-13-10-20-8-9-21(28-2)17-22(20)27)26-14-11-19(12-15-26)16-18-6-4-3-5-7-18/h3-9,17,19,27H,10-16H2,1-2H3,(H,24,25). The van der Waals surface area contributed by atoms with Crippen LogP contribution in [0.4, 0.5) is 0 Å². The van der Waals surface area contributed by atoms with Crippen LogP contribution in [0.5, 0.6) is 11.5 Å². The number of phenols is 1. The molecule has 2 N–H and O–H groups in total. The van der Waals surface area contributed by atoms with Crippen LogP contribution in [-0.2, 0) is 12.8 Å². The molecule has 0 saturated carbocycles. The molecule has 1 heterocycles. The zero-order valence-corrected chi connectivity index (χ0v) is 16.9. The molecule has 0 aromatic heterocycles. The molecule has 5 heteroatoms. The van der Waals surface area contributed by atoms with Crippen molar-refractivity contribution in [1.82, 2.24) is 10.2 Å². The molecule has 0 amide bonds. The first kappa shape index (κ1) is 20.1. The van der Waals surface area contributed by atoms with Gasteiger partial charge in [-0.05, 0) is 48.8 Å². The number of rotatable bonds is 6. The quantitative estimate of drug-likeness (QED) is 0.594. The third kappa shape index (κ3) is 5.41. The maximum Gasteiger partial charge on any atom is 0.193 e. The second kappa shape index (κ2) is 10.0. The molecular formula is C23H31N3O2. The minimum Gasteiger partial charge on any atom is -0.508 e. The van der Waals surface area contributed by atoms with Gasteiger partial charge in [0.05, 0.1) is 7.11 Å². The molecule has 150 valence electrons. The summed E-state index contributed by atoms with van der Waals surface area (Å²) in [5, 5.41) is 13.5. The normalized spacial score (nSPS) is 15.5. The smallest absolute Gasteiger partial charge is 0.193 e. The number of hydrogen-bond donors (Lipinski definition) is 2. The van der Waals surface area contributed by atoms with Gasteiger partial charge in [0.1, 0.15) is 11.5 Å². The Labute approximate surface area is 168 Å². The predicted octanol–water partition coefficient (Wildman–Crippen LogP) is 3.47. The van der Waals surface area contributed by atoms with Crippen LogP contribution >= 0.6 is 0 Å². The van der Waals surface area contributed by atoms with E-state index in [1.807, 2.05) is 19.2 Å². The number of piperidine rings is 1. The van der Waals surface area contributed by atoms with Gasteiger partial charge in [-0.25, -0.2) is 0 Å². The number of benzene rings is 2. The van der Waals surface area contributed by atoms with Crippen molar-refractivity contribution in [3.63, 3.8) is 0 Å². The number of nitrogens with one attached hydrogen (secondary N) is 1. The van der Waals surface area contributed by atoms with Crippen LogP contribution in [-0.4, -0.2) is 49.8 Å². The Hall–Kier alpha value is -2.69. The summed E-state index contributed by atoms with van der Waals surface area (Å²) < 4.78 is 5.13. The highest BCUT2D eigenvalue weighted by atomic mass is 16.5. The van der Waals surface area contributed by atoms with Gasteiger partial charge in [-0.2, -0.15) is 0 Å². The predicted molar refractivity (Wildman–Crippen MR) is 114 cm³/mol. The summed E-state index contributed by atoms with van der Waals surface area (Å²) >= 11 is 0. The molecule has 0 unspecified atom stereocenters. The summed E-state index contributed by atoms with van der Waals surface area (Å²) in [4.78, 5) is 6.79. The van der Waals surface area contributed by atoms with Crippen molar-refractivity contribution >= 4 is 5.96 Å². The van der Waals surface area contributed by atoms with E-state index in [4.69, 9.17) is 4.74 Å². The molecule has 0 spiro atoms. The van der Waals surface area contributed by atoms with Gasteiger partial charge in [0.15, 0.2) is 5.96 Å². The van der Waals surface area contributed by atoms with E-state index in [0.717, 1.165) is 49.9 Å². The second-order valence-electron chi connectivity index (χ2n) is 7.34. The van der Waals surface area contributed by atoms with Gasteiger partial charge < -0.3 is 20.1 Å². The SMILES string of the molecule is CN=C(NCCc1ccc(OC)cc1O)N1CCC(Cc2ccccc2)CC1. The van der Waals surface area contributed by atoms with E-state index in [0.29, 0.717) is 5.75 Å². The van der Waals surface area contributed by atoms with E-state index < -0.39 is 0 Å². The molecule has 5 nitrogen and oxygen atoms in total. The van der Waals surface area contributed by atoms with Crippen LogP contribution < -0.4 is 10.1 Å². The van der Waals surface area contributed by atoms with Gasteiger partial charge >= 0.3 is 0 Å². The molecule has 0 radical (unpaired) electrons. The monoisotopic (exact) mass is 381 g/mol. The largest absolute Gasteiger partial charge is 0.508 e. The highest BCUT2D eigenvalue weighted by Crippen LogP contribution is 2.24. The zero-order chi connectivity index (χ0) is 19.8. The molecule has 1 aliphatic heterocycles. The summed E-state index contributed by atoms with van der Waals surface area (Å²) in [5.41, 5.74) is 2.34. The van der Waals surface area contributed by atoms with Crippen molar-refractivity contribution in [2.45, 2.75) is 25.7 Å². The van der Waals surface area contributed by atoms with Crippen molar-refractivity contribution < 1.29 is 9.84 Å². The van der Waals surface area contributed by atoms with Crippen LogP contribution in [0.2, 0.25) is 0 Å². The maximum atomic E-state index is 10.1. The average molecular weight is 382 g/mol. The maximum absolute atomic E-state index is 10.1. The number of hydrogen-bond acceptors (Lipinski definition) is 3. The van der Waals surface area contributed by atoms with Crippen LogP contribution in [0.3, 0.4) is 0 Å². The number of phenolic OH excluding ortho intramolecular Hbond substituents is 1. The molecule has 3 rings (SSSR count). The molecule has 1 fully saturated rings. The first-order valence-corrected chi connectivity index (χ1v) is 10.0. The van der Waals surface area contributed by atoms with Crippen molar-refractivity contribution in [3.05, 3.63) is 59.7 Å². The summed E-state index contributed by atoms with van der Waals surface area (Å²) in [7, 11) is 3.44. The first-order valence-electron chi connectivity index (χ1n) is 10.0. The molecular weight excluding hydrogens is 350 g/mol. The molecule has 0 atom stereocenters. The van der Waals surface area contributed by atoms with E-state index in [1.165, 1.54) is 18.4 Å².